The van der Waals surface area contributed by atoms with Crippen LogP contribution in [0.3, 0.4) is 0 Å². The van der Waals surface area contributed by atoms with Crippen molar-refractivity contribution in [2.45, 2.75) is 90.1 Å². The van der Waals surface area contributed by atoms with Crippen LogP contribution in [0.2, 0.25) is 0 Å². The van der Waals surface area contributed by atoms with Gasteiger partial charge in [-0.2, -0.15) is 0 Å². The molecule has 0 heterocycles. The van der Waals surface area contributed by atoms with E-state index in [9.17, 15) is 9.59 Å². The van der Waals surface area contributed by atoms with E-state index in [-0.39, 0.29) is 18.0 Å². The third-order valence-corrected chi connectivity index (χ3v) is 7.80. The van der Waals surface area contributed by atoms with Crippen LogP contribution in [0.15, 0.2) is 58.0 Å². The smallest absolute Gasteiger partial charge is 0.334 e. The molecule has 2 atom stereocenters. The molecular formula is C31H45ClN2O4. The highest BCUT2D eigenvalue weighted by Crippen LogP contribution is 2.30. The van der Waals surface area contributed by atoms with Crippen molar-refractivity contribution < 1.29 is 19.1 Å². The highest BCUT2D eigenvalue weighted by atomic mass is 35.5. The number of rotatable bonds is 15. The lowest BCUT2D eigenvalue weighted by atomic mass is 9.99. The maximum absolute atomic E-state index is 12.3. The summed E-state index contributed by atoms with van der Waals surface area (Å²) < 4.78 is 11.6. The van der Waals surface area contributed by atoms with Crippen LogP contribution in [-0.2, 0) is 19.1 Å². The van der Waals surface area contributed by atoms with Crippen molar-refractivity contribution in [3.05, 3.63) is 58.0 Å². The first-order chi connectivity index (χ1) is 18.3. The number of carbonyl (C=O) groups excluding carboxylic acids is 2. The number of nitrogens with one attached hydrogen (secondary N) is 1. The molecule has 1 amide bonds. The van der Waals surface area contributed by atoms with Crippen molar-refractivity contribution in [3.8, 4) is 0 Å². The van der Waals surface area contributed by atoms with E-state index in [1.807, 2.05) is 14.1 Å². The van der Waals surface area contributed by atoms with E-state index in [1.54, 1.807) is 12.2 Å². The molecule has 0 saturated heterocycles. The molecule has 0 fully saturated rings. The fourth-order valence-corrected chi connectivity index (χ4v) is 5.22. The fraction of sp³-hybridized carbons (Fsp3) is 0.613. The average Bonchev–Trinajstić information content (AvgIpc) is 3.26. The standard InChI is InChI=1S/C31H45ClN2O4/c1-23-25(12-19-29(23)34(2)3)22-30(35)33-20-8-6-4-5-7-9-21-37-27-15-17-28(18-16-27)38-31(36)24-10-13-26(32)14-11-24/h10,12-13,15,19,23,28H,4-9,11,14,16-18,20-22H2,1-3H3,(H,33,35). The Kier molecular flexibility index (Phi) is 12.5. The highest BCUT2D eigenvalue weighted by molar-refractivity contribution is 6.29. The Bertz CT molecular complexity index is 976. The predicted octanol–water partition coefficient (Wildman–Crippen LogP) is 6.69. The number of halogens is 1. The fourth-order valence-electron chi connectivity index (χ4n) is 5.07. The summed E-state index contributed by atoms with van der Waals surface area (Å²) in [6.07, 6.45) is 20.7. The summed E-state index contributed by atoms with van der Waals surface area (Å²) in [6, 6.07) is 0. The number of amides is 1. The van der Waals surface area contributed by atoms with Gasteiger partial charge >= 0.3 is 5.97 Å². The number of carbonyl (C=O) groups is 2. The second kappa shape index (κ2) is 15.8. The summed E-state index contributed by atoms with van der Waals surface area (Å²) in [5.74, 6) is 1.25. The Balaban J connectivity index is 1.14. The predicted molar refractivity (Wildman–Crippen MR) is 153 cm³/mol. The second-order valence-electron chi connectivity index (χ2n) is 10.7. The molecule has 38 heavy (non-hydrogen) atoms. The van der Waals surface area contributed by atoms with Crippen LogP contribution >= 0.6 is 11.6 Å². The van der Waals surface area contributed by atoms with Gasteiger partial charge in [0.05, 0.1) is 12.4 Å². The monoisotopic (exact) mass is 544 g/mol. The van der Waals surface area contributed by atoms with E-state index in [0.29, 0.717) is 37.2 Å². The van der Waals surface area contributed by atoms with Crippen LogP contribution in [0.25, 0.3) is 0 Å². The van der Waals surface area contributed by atoms with Gasteiger partial charge in [-0.05, 0) is 50.3 Å². The number of ether oxygens (including phenoxy) is 2. The van der Waals surface area contributed by atoms with Gasteiger partial charge in [0.1, 0.15) is 6.10 Å². The van der Waals surface area contributed by atoms with Crippen LogP contribution in [0.5, 0.6) is 0 Å². The van der Waals surface area contributed by atoms with Crippen LogP contribution in [0, 0.1) is 5.92 Å². The molecule has 3 aliphatic carbocycles. The first-order valence-corrected chi connectivity index (χ1v) is 14.6. The lowest BCUT2D eigenvalue weighted by Gasteiger charge is -2.23. The molecule has 3 aliphatic rings. The van der Waals surface area contributed by atoms with Crippen molar-refractivity contribution in [2.24, 2.45) is 5.92 Å². The van der Waals surface area contributed by atoms with Gasteiger partial charge in [0.2, 0.25) is 5.91 Å². The Morgan fingerprint density at radius 2 is 1.76 bits per heavy atom. The normalized spacial score (nSPS) is 21.0. The molecule has 0 aromatic rings. The van der Waals surface area contributed by atoms with E-state index < -0.39 is 0 Å². The highest BCUT2D eigenvalue weighted by Gasteiger charge is 2.23. The van der Waals surface area contributed by atoms with E-state index in [0.717, 1.165) is 62.5 Å². The van der Waals surface area contributed by atoms with E-state index >= 15 is 0 Å². The lowest BCUT2D eigenvalue weighted by Crippen LogP contribution is -2.26. The Labute approximate surface area is 233 Å². The van der Waals surface area contributed by atoms with Gasteiger partial charge in [0, 0.05) is 62.1 Å². The molecule has 0 aromatic carbocycles. The molecule has 0 aromatic heterocycles. The minimum Gasteiger partial charge on any atom is -0.498 e. The maximum atomic E-state index is 12.3. The molecule has 7 heteroatoms. The molecule has 0 spiro atoms. The van der Waals surface area contributed by atoms with Gasteiger partial charge in [-0.15, -0.1) is 0 Å². The molecule has 1 N–H and O–H groups in total. The van der Waals surface area contributed by atoms with Gasteiger partial charge < -0.3 is 19.7 Å². The Morgan fingerprint density at radius 3 is 2.42 bits per heavy atom. The van der Waals surface area contributed by atoms with Crippen LogP contribution in [0.1, 0.15) is 84.0 Å². The van der Waals surface area contributed by atoms with Gasteiger partial charge in [0.25, 0.3) is 0 Å². The summed E-state index contributed by atoms with van der Waals surface area (Å²) in [5.41, 5.74) is 3.16. The van der Waals surface area contributed by atoms with E-state index in [2.05, 4.69) is 35.4 Å². The zero-order valence-corrected chi connectivity index (χ0v) is 24.2. The van der Waals surface area contributed by atoms with E-state index in [1.165, 1.54) is 24.1 Å². The van der Waals surface area contributed by atoms with Crippen LogP contribution in [0.4, 0.5) is 0 Å². The molecule has 6 nitrogen and oxygen atoms in total. The molecule has 0 radical (unpaired) electrons. The summed E-state index contributed by atoms with van der Waals surface area (Å²) in [7, 11) is 4.09. The summed E-state index contributed by atoms with van der Waals surface area (Å²) >= 11 is 5.96. The number of hydrogen-bond donors (Lipinski definition) is 1. The lowest BCUT2D eigenvalue weighted by molar-refractivity contribution is -0.145. The number of hydrogen-bond acceptors (Lipinski definition) is 5. The third kappa shape index (κ3) is 10.0. The summed E-state index contributed by atoms with van der Waals surface area (Å²) in [4.78, 5) is 26.7. The third-order valence-electron chi connectivity index (χ3n) is 7.49. The first-order valence-electron chi connectivity index (χ1n) is 14.3. The minimum atomic E-state index is -0.219. The maximum Gasteiger partial charge on any atom is 0.334 e. The molecular weight excluding hydrogens is 500 g/mol. The molecule has 0 saturated carbocycles. The Hall–Kier alpha value is -2.47. The van der Waals surface area contributed by atoms with Crippen LogP contribution < -0.4 is 5.32 Å². The number of unbranched alkanes of at least 4 members (excludes halogenated alkanes) is 5. The summed E-state index contributed by atoms with van der Waals surface area (Å²) in [6.45, 7) is 3.66. The average molecular weight is 545 g/mol. The van der Waals surface area contributed by atoms with Gasteiger partial charge in [0.15, 0.2) is 0 Å². The van der Waals surface area contributed by atoms with Crippen molar-refractivity contribution in [2.75, 3.05) is 27.2 Å². The zero-order valence-electron chi connectivity index (χ0n) is 23.4. The van der Waals surface area contributed by atoms with Gasteiger partial charge in [-0.25, -0.2) is 4.79 Å². The van der Waals surface area contributed by atoms with Crippen molar-refractivity contribution in [1.82, 2.24) is 10.2 Å². The number of esters is 1. The molecule has 0 aliphatic heterocycles. The van der Waals surface area contributed by atoms with Gasteiger partial charge in [-0.1, -0.05) is 61.9 Å². The van der Waals surface area contributed by atoms with Gasteiger partial charge in [-0.3, -0.25) is 4.79 Å². The zero-order chi connectivity index (χ0) is 27.3. The quantitative estimate of drug-likeness (QED) is 0.184. The molecule has 0 bridgehead atoms. The van der Waals surface area contributed by atoms with Crippen LogP contribution in [-0.4, -0.2) is 50.1 Å². The van der Waals surface area contributed by atoms with Crippen molar-refractivity contribution in [3.63, 3.8) is 0 Å². The Morgan fingerprint density at radius 1 is 1.00 bits per heavy atom. The first kappa shape index (κ1) is 30.1. The second-order valence-corrected chi connectivity index (χ2v) is 11.2. The minimum absolute atomic E-state index is 0.0711. The summed E-state index contributed by atoms with van der Waals surface area (Å²) in [5, 5.41) is 3.85. The molecule has 3 rings (SSSR count). The van der Waals surface area contributed by atoms with E-state index in [4.69, 9.17) is 21.1 Å². The largest absolute Gasteiger partial charge is 0.498 e. The molecule has 2 unspecified atom stereocenters. The molecule has 210 valence electrons. The van der Waals surface area contributed by atoms with Crippen molar-refractivity contribution in [1.29, 1.82) is 0 Å². The number of allylic oxidation sites excluding steroid dienone is 7. The SMILES string of the molecule is CC1C(CC(=O)NCCCCCCCCOC2=CCC(OC(=O)C3=CC=C(Cl)CC3)CC2)=CC=C1N(C)C. The number of nitrogens with zero attached hydrogens (tertiary/aromatic N) is 1. The van der Waals surface area contributed by atoms with Crippen molar-refractivity contribution >= 4 is 23.5 Å². The topological polar surface area (TPSA) is 67.9 Å².